The lowest BCUT2D eigenvalue weighted by Crippen LogP contribution is -2.35. The first-order chi connectivity index (χ1) is 17.0. The lowest BCUT2D eigenvalue weighted by atomic mass is 9.65. The Morgan fingerprint density at radius 1 is 1.19 bits per heavy atom. The van der Waals surface area contributed by atoms with Gasteiger partial charge in [0.15, 0.2) is 12.3 Å². The van der Waals surface area contributed by atoms with Crippen LogP contribution in [0.1, 0.15) is 40.0 Å². The van der Waals surface area contributed by atoms with E-state index in [2.05, 4.69) is 51.8 Å². The van der Waals surface area contributed by atoms with Crippen LogP contribution >= 0.6 is 27.5 Å². The van der Waals surface area contributed by atoms with Gasteiger partial charge in [-0.2, -0.15) is 0 Å². The van der Waals surface area contributed by atoms with Crippen LogP contribution in [0, 0.1) is 10.8 Å². The molecule has 2 fully saturated rings. The Labute approximate surface area is 224 Å². The molecule has 36 heavy (non-hydrogen) atoms. The Hall–Kier alpha value is -2.42. The lowest BCUT2D eigenvalue weighted by molar-refractivity contribution is -0.120. The molecule has 2 heterocycles. The fourth-order valence-corrected chi connectivity index (χ4v) is 6.76. The van der Waals surface area contributed by atoms with Gasteiger partial charge in [0.25, 0.3) is 0 Å². The summed E-state index contributed by atoms with van der Waals surface area (Å²) < 4.78 is 8.20. The van der Waals surface area contributed by atoms with Gasteiger partial charge in [-0.05, 0) is 72.6 Å². The molecule has 3 aromatic rings. The highest BCUT2D eigenvalue weighted by molar-refractivity contribution is 9.10. The van der Waals surface area contributed by atoms with Gasteiger partial charge in [0.1, 0.15) is 5.75 Å². The minimum Gasteiger partial charge on any atom is -0.493 e. The molecule has 1 saturated heterocycles. The molecule has 5 rings (SSSR count). The standard InChI is InChI=1S/C27H30BrClN4O3/c1-26(2)11-19-12-27(3,14-26)15-32(19)16-33-22-9-4-17(28)10-21(22)24(25(33)35)31-30-23(34)13-36-20-7-5-18(29)6-8-20/h4-10,19,35H,11-16H2,1-3H3/t19-,27+/m1/s1. The van der Waals surface area contributed by atoms with Crippen LogP contribution < -0.4 is 4.74 Å². The molecule has 1 aliphatic heterocycles. The van der Waals surface area contributed by atoms with Crippen molar-refractivity contribution in [1.82, 2.24) is 9.47 Å². The summed E-state index contributed by atoms with van der Waals surface area (Å²) in [5, 5.41) is 20.5. The Kier molecular flexibility index (Phi) is 6.64. The highest BCUT2D eigenvalue weighted by Gasteiger charge is 2.49. The van der Waals surface area contributed by atoms with E-state index >= 15 is 0 Å². The van der Waals surface area contributed by atoms with E-state index in [0.29, 0.717) is 28.9 Å². The summed E-state index contributed by atoms with van der Waals surface area (Å²) in [5.74, 6) is -0.0353. The third kappa shape index (κ3) is 5.17. The van der Waals surface area contributed by atoms with Gasteiger partial charge < -0.3 is 9.84 Å². The summed E-state index contributed by atoms with van der Waals surface area (Å²) >= 11 is 9.39. The number of halogens is 2. The molecule has 7 nitrogen and oxygen atoms in total. The molecule has 1 N–H and O–H groups in total. The quantitative estimate of drug-likeness (QED) is 0.314. The predicted octanol–water partition coefficient (Wildman–Crippen LogP) is 7.31. The van der Waals surface area contributed by atoms with E-state index in [-0.39, 0.29) is 23.6 Å². The molecule has 2 aliphatic rings. The molecular weight excluding hydrogens is 544 g/mol. The summed E-state index contributed by atoms with van der Waals surface area (Å²) in [5.41, 5.74) is 1.72. The van der Waals surface area contributed by atoms with Gasteiger partial charge in [-0.25, -0.2) is 0 Å². The number of nitrogens with zero attached hydrogens (tertiary/aromatic N) is 4. The molecule has 1 saturated carbocycles. The Balaban J connectivity index is 1.38. The first-order valence-electron chi connectivity index (χ1n) is 12.1. The summed E-state index contributed by atoms with van der Waals surface area (Å²) in [6.07, 6.45) is 3.53. The maximum absolute atomic E-state index is 12.4. The second kappa shape index (κ2) is 9.47. The van der Waals surface area contributed by atoms with Crippen LogP contribution in [0.2, 0.25) is 5.02 Å². The zero-order chi connectivity index (χ0) is 25.7. The van der Waals surface area contributed by atoms with Crippen molar-refractivity contribution in [3.63, 3.8) is 0 Å². The summed E-state index contributed by atoms with van der Waals surface area (Å²) in [7, 11) is 0. The van der Waals surface area contributed by atoms with Crippen molar-refractivity contribution in [2.45, 2.75) is 52.7 Å². The zero-order valence-electron chi connectivity index (χ0n) is 20.7. The largest absolute Gasteiger partial charge is 0.493 e. The van der Waals surface area contributed by atoms with Gasteiger partial charge in [-0.1, -0.05) is 48.3 Å². The second-order valence-corrected chi connectivity index (χ2v) is 12.6. The fourth-order valence-electron chi connectivity index (χ4n) is 6.27. The summed E-state index contributed by atoms with van der Waals surface area (Å²) in [4.78, 5) is 14.8. The highest BCUT2D eigenvalue weighted by Crippen LogP contribution is 2.53. The Morgan fingerprint density at radius 2 is 1.94 bits per heavy atom. The maximum atomic E-state index is 12.4. The molecule has 190 valence electrons. The minimum absolute atomic E-state index is 0.00382. The van der Waals surface area contributed by atoms with E-state index in [9.17, 15) is 9.90 Å². The van der Waals surface area contributed by atoms with Crippen LogP contribution in [0.3, 0.4) is 0 Å². The number of benzene rings is 2. The van der Waals surface area contributed by atoms with Gasteiger partial charge in [-0.15, -0.1) is 10.2 Å². The zero-order valence-corrected chi connectivity index (χ0v) is 23.0. The first kappa shape index (κ1) is 25.2. The van der Waals surface area contributed by atoms with Crippen molar-refractivity contribution in [2.75, 3.05) is 13.2 Å². The van der Waals surface area contributed by atoms with Crippen LogP contribution in [-0.4, -0.2) is 39.7 Å². The molecule has 1 aliphatic carbocycles. The average Bonchev–Trinajstić information content (AvgIpc) is 3.19. The number of likely N-dealkylation sites (tertiary alicyclic amines) is 1. The van der Waals surface area contributed by atoms with Crippen LogP contribution in [0.25, 0.3) is 10.9 Å². The fraction of sp³-hybridized carbons (Fsp3) is 0.444. The number of hydrogen-bond donors (Lipinski definition) is 1. The van der Waals surface area contributed by atoms with Gasteiger partial charge in [0.05, 0.1) is 12.2 Å². The van der Waals surface area contributed by atoms with E-state index in [1.807, 2.05) is 22.8 Å². The van der Waals surface area contributed by atoms with E-state index in [0.717, 1.165) is 28.3 Å². The Morgan fingerprint density at radius 3 is 2.69 bits per heavy atom. The van der Waals surface area contributed by atoms with E-state index < -0.39 is 5.91 Å². The number of amides is 1. The molecule has 9 heteroatoms. The number of carbonyl (C=O) groups excluding carboxylic acids is 1. The van der Waals surface area contributed by atoms with Crippen LogP contribution in [-0.2, 0) is 11.5 Å². The topological polar surface area (TPSA) is 79.4 Å². The van der Waals surface area contributed by atoms with Crippen molar-refractivity contribution in [2.24, 2.45) is 21.1 Å². The van der Waals surface area contributed by atoms with Gasteiger partial charge in [0.2, 0.25) is 5.88 Å². The van der Waals surface area contributed by atoms with Crippen molar-refractivity contribution >= 4 is 50.0 Å². The van der Waals surface area contributed by atoms with Crippen LogP contribution in [0.5, 0.6) is 11.6 Å². The number of rotatable bonds is 6. The monoisotopic (exact) mass is 572 g/mol. The molecule has 0 spiro atoms. The van der Waals surface area contributed by atoms with E-state index in [4.69, 9.17) is 16.3 Å². The minimum atomic E-state index is -0.552. The van der Waals surface area contributed by atoms with E-state index in [1.54, 1.807) is 24.3 Å². The molecule has 2 bridgehead atoms. The van der Waals surface area contributed by atoms with Crippen molar-refractivity contribution in [3.8, 4) is 11.6 Å². The smallest absolute Gasteiger partial charge is 0.302 e. The average molecular weight is 574 g/mol. The number of aromatic nitrogens is 1. The molecule has 0 radical (unpaired) electrons. The first-order valence-corrected chi connectivity index (χ1v) is 13.3. The Bertz CT molecular complexity index is 1340. The van der Waals surface area contributed by atoms with Gasteiger partial charge >= 0.3 is 5.91 Å². The van der Waals surface area contributed by atoms with E-state index in [1.165, 1.54) is 12.8 Å². The number of aromatic hydroxyl groups is 1. The SMILES string of the molecule is CC1(C)C[C@@H]2C[C@](C)(CN2Cn2c(O)c(N=NC(=O)COc3ccc(Cl)cc3)c3cc(Br)ccc32)C1. The maximum Gasteiger partial charge on any atom is 0.302 e. The van der Waals surface area contributed by atoms with Crippen molar-refractivity contribution in [3.05, 3.63) is 52.0 Å². The van der Waals surface area contributed by atoms with Crippen LogP contribution in [0.15, 0.2) is 57.2 Å². The molecular formula is C27H30BrClN4O3. The second-order valence-electron chi connectivity index (χ2n) is 11.2. The number of carbonyl (C=O) groups is 1. The predicted molar refractivity (Wildman–Crippen MR) is 144 cm³/mol. The van der Waals surface area contributed by atoms with Gasteiger partial charge in [0, 0.05) is 27.5 Å². The molecule has 1 amide bonds. The molecule has 2 aromatic carbocycles. The van der Waals surface area contributed by atoms with Crippen molar-refractivity contribution in [1.29, 1.82) is 0 Å². The third-order valence-electron chi connectivity index (χ3n) is 7.26. The third-order valence-corrected chi connectivity index (χ3v) is 8.00. The molecule has 0 unspecified atom stereocenters. The lowest BCUT2D eigenvalue weighted by Gasteiger charge is -2.40. The number of hydrogen-bond acceptors (Lipinski definition) is 5. The summed E-state index contributed by atoms with van der Waals surface area (Å²) in [6, 6.07) is 13.0. The number of fused-ring (bicyclic) bond motifs is 3. The molecule has 1 aromatic heterocycles. The highest BCUT2D eigenvalue weighted by atomic mass is 79.9. The van der Waals surface area contributed by atoms with Gasteiger partial charge in [-0.3, -0.25) is 14.3 Å². The van der Waals surface area contributed by atoms with Crippen LogP contribution in [0.4, 0.5) is 5.69 Å². The molecule has 2 atom stereocenters. The normalized spacial score (nSPS) is 23.5. The number of ether oxygens (including phenoxy) is 1. The van der Waals surface area contributed by atoms with Crippen molar-refractivity contribution < 1.29 is 14.6 Å². The summed E-state index contributed by atoms with van der Waals surface area (Å²) in [6.45, 7) is 8.37. The number of azo groups is 1.